The maximum absolute atomic E-state index is 13.2. The van der Waals surface area contributed by atoms with Crippen molar-refractivity contribution in [3.8, 4) is 11.5 Å². The van der Waals surface area contributed by atoms with E-state index in [1.807, 2.05) is 52.0 Å². The number of methoxy groups -OCH3 is 1. The molecule has 33 heavy (non-hydrogen) atoms. The summed E-state index contributed by atoms with van der Waals surface area (Å²) < 4.78 is 10.9. The Morgan fingerprint density at radius 3 is 2.18 bits per heavy atom. The lowest BCUT2D eigenvalue weighted by Gasteiger charge is -2.33. The molecule has 0 spiro atoms. The highest BCUT2D eigenvalue weighted by molar-refractivity contribution is 6.30. The van der Waals surface area contributed by atoms with E-state index in [4.69, 9.17) is 21.1 Å². The fraction of sp³-hybridized carbons (Fsp3) is 0.462. The Kier molecular flexibility index (Phi) is 10.0. The molecule has 0 radical (unpaired) electrons. The van der Waals surface area contributed by atoms with Gasteiger partial charge in [0.2, 0.25) is 11.8 Å². The van der Waals surface area contributed by atoms with E-state index in [0.717, 1.165) is 11.3 Å². The first kappa shape index (κ1) is 26.5. The second-order valence-electron chi connectivity index (χ2n) is 8.94. The molecule has 6 nitrogen and oxygen atoms in total. The van der Waals surface area contributed by atoms with Crippen molar-refractivity contribution in [2.75, 3.05) is 13.7 Å². The smallest absolute Gasteiger partial charge is 0.243 e. The van der Waals surface area contributed by atoms with Crippen molar-refractivity contribution < 1.29 is 19.1 Å². The van der Waals surface area contributed by atoms with Crippen LogP contribution in [0.25, 0.3) is 0 Å². The molecule has 1 unspecified atom stereocenters. The molecule has 0 bridgehead atoms. The van der Waals surface area contributed by atoms with Crippen molar-refractivity contribution in [3.05, 3.63) is 59.1 Å². The van der Waals surface area contributed by atoms with Crippen LogP contribution in [0.3, 0.4) is 0 Å². The number of benzene rings is 2. The van der Waals surface area contributed by atoms with Gasteiger partial charge in [0, 0.05) is 23.5 Å². The van der Waals surface area contributed by atoms with Crippen molar-refractivity contribution in [2.45, 2.75) is 65.1 Å². The molecule has 2 amide bonds. The number of amides is 2. The summed E-state index contributed by atoms with van der Waals surface area (Å²) in [5.41, 5.74) is 0.551. The largest absolute Gasteiger partial charge is 0.497 e. The molecule has 0 fully saturated rings. The summed E-state index contributed by atoms with van der Waals surface area (Å²) in [5.74, 6) is 1.22. The van der Waals surface area contributed by atoms with Crippen molar-refractivity contribution >= 4 is 23.4 Å². The van der Waals surface area contributed by atoms with Gasteiger partial charge in [-0.15, -0.1) is 0 Å². The van der Waals surface area contributed by atoms with E-state index in [9.17, 15) is 9.59 Å². The molecule has 1 atom stereocenters. The SMILES string of the molecule is CCC(C(=O)NC(C)(C)C)N(Cc1ccc(OC)cc1)C(=O)CCCOc1ccc(Cl)cc1. The number of halogens is 1. The van der Waals surface area contributed by atoms with E-state index in [-0.39, 0.29) is 23.8 Å². The van der Waals surface area contributed by atoms with Gasteiger partial charge >= 0.3 is 0 Å². The van der Waals surface area contributed by atoms with Crippen LogP contribution in [0.5, 0.6) is 11.5 Å². The minimum absolute atomic E-state index is 0.0820. The number of ether oxygens (including phenoxy) is 2. The van der Waals surface area contributed by atoms with Gasteiger partial charge in [-0.25, -0.2) is 0 Å². The summed E-state index contributed by atoms with van der Waals surface area (Å²) in [6.45, 7) is 8.46. The molecule has 2 aromatic rings. The van der Waals surface area contributed by atoms with Gasteiger partial charge in [0.25, 0.3) is 0 Å². The third-order valence-electron chi connectivity index (χ3n) is 5.01. The third-order valence-corrected chi connectivity index (χ3v) is 5.27. The number of rotatable bonds is 11. The van der Waals surface area contributed by atoms with Gasteiger partial charge in [-0.2, -0.15) is 0 Å². The monoisotopic (exact) mass is 474 g/mol. The van der Waals surface area contributed by atoms with Crippen LogP contribution in [0, 0.1) is 0 Å². The highest BCUT2D eigenvalue weighted by Crippen LogP contribution is 2.19. The first-order chi connectivity index (χ1) is 15.6. The van der Waals surface area contributed by atoms with Crippen LogP contribution < -0.4 is 14.8 Å². The van der Waals surface area contributed by atoms with Gasteiger partial charge in [-0.1, -0.05) is 30.7 Å². The molecular weight excluding hydrogens is 440 g/mol. The Hall–Kier alpha value is -2.73. The highest BCUT2D eigenvalue weighted by Gasteiger charge is 2.30. The minimum atomic E-state index is -0.559. The first-order valence-electron chi connectivity index (χ1n) is 11.3. The fourth-order valence-corrected chi connectivity index (χ4v) is 3.51. The molecule has 0 aliphatic rings. The maximum atomic E-state index is 13.2. The Bertz CT molecular complexity index is 892. The Balaban J connectivity index is 2.08. The summed E-state index contributed by atoms with van der Waals surface area (Å²) in [4.78, 5) is 27.9. The van der Waals surface area contributed by atoms with Gasteiger partial charge in [-0.3, -0.25) is 9.59 Å². The van der Waals surface area contributed by atoms with E-state index >= 15 is 0 Å². The molecular formula is C26H35ClN2O4. The average molecular weight is 475 g/mol. The lowest BCUT2D eigenvalue weighted by Crippen LogP contribution is -2.53. The molecule has 0 saturated carbocycles. The average Bonchev–Trinajstić information content (AvgIpc) is 2.77. The Morgan fingerprint density at radius 1 is 1.03 bits per heavy atom. The van der Waals surface area contributed by atoms with E-state index in [1.165, 1.54) is 0 Å². The van der Waals surface area contributed by atoms with E-state index in [0.29, 0.717) is 36.8 Å². The molecule has 0 aliphatic heterocycles. The predicted molar refractivity (Wildman–Crippen MR) is 132 cm³/mol. The molecule has 0 saturated heterocycles. The summed E-state index contributed by atoms with van der Waals surface area (Å²) in [5, 5.41) is 3.66. The Morgan fingerprint density at radius 2 is 1.64 bits per heavy atom. The van der Waals surface area contributed by atoms with Gasteiger partial charge in [0.15, 0.2) is 0 Å². The van der Waals surface area contributed by atoms with Crippen molar-refractivity contribution in [1.29, 1.82) is 0 Å². The van der Waals surface area contributed by atoms with Gasteiger partial charge in [0.1, 0.15) is 17.5 Å². The lowest BCUT2D eigenvalue weighted by atomic mass is 10.0. The van der Waals surface area contributed by atoms with Crippen molar-refractivity contribution in [1.82, 2.24) is 10.2 Å². The predicted octanol–water partition coefficient (Wildman–Crippen LogP) is 5.23. The van der Waals surface area contributed by atoms with Gasteiger partial charge in [-0.05, 0) is 75.6 Å². The summed E-state index contributed by atoms with van der Waals surface area (Å²) in [6.07, 6.45) is 1.34. The number of hydrogen-bond donors (Lipinski definition) is 1. The third kappa shape index (κ3) is 8.97. The molecule has 1 N–H and O–H groups in total. The number of nitrogens with zero attached hydrogens (tertiary/aromatic N) is 1. The number of carbonyl (C=O) groups is 2. The van der Waals surface area contributed by atoms with Crippen LogP contribution in [0.15, 0.2) is 48.5 Å². The number of carbonyl (C=O) groups excluding carboxylic acids is 2. The van der Waals surface area contributed by atoms with Crippen LogP contribution >= 0.6 is 11.6 Å². The van der Waals surface area contributed by atoms with E-state index in [1.54, 1.807) is 36.3 Å². The molecule has 0 aromatic heterocycles. The van der Waals surface area contributed by atoms with Crippen LogP contribution in [-0.2, 0) is 16.1 Å². The normalized spacial score (nSPS) is 12.1. The standard InChI is InChI=1S/C26H35ClN2O4/c1-6-23(25(31)28-26(2,3)4)29(18-19-9-13-21(32-5)14-10-19)24(30)8-7-17-33-22-15-11-20(27)12-16-22/h9-16,23H,6-8,17-18H2,1-5H3,(H,28,31). The molecule has 2 rings (SSSR count). The fourth-order valence-electron chi connectivity index (χ4n) is 3.39. The van der Waals surface area contributed by atoms with Crippen LogP contribution in [0.1, 0.15) is 52.5 Å². The van der Waals surface area contributed by atoms with Crippen molar-refractivity contribution in [3.63, 3.8) is 0 Å². The molecule has 0 aliphatic carbocycles. The quantitative estimate of drug-likeness (QED) is 0.453. The summed E-state index contributed by atoms with van der Waals surface area (Å²) in [6, 6.07) is 14.1. The Labute approximate surface area is 202 Å². The van der Waals surface area contributed by atoms with Gasteiger partial charge in [0.05, 0.1) is 13.7 Å². The summed E-state index contributed by atoms with van der Waals surface area (Å²) in [7, 11) is 1.61. The molecule has 180 valence electrons. The molecule has 0 heterocycles. The van der Waals surface area contributed by atoms with Crippen LogP contribution in [0.4, 0.5) is 0 Å². The van der Waals surface area contributed by atoms with Gasteiger partial charge < -0.3 is 19.7 Å². The molecule has 7 heteroatoms. The first-order valence-corrected chi connectivity index (χ1v) is 11.6. The number of hydrogen-bond acceptors (Lipinski definition) is 4. The lowest BCUT2D eigenvalue weighted by molar-refractivity contribution is -0.142. The zero-order valence-electron chi connectivity index (χ0n) is 20.2. The van der Waals surface area contributed by atoms with E-state index < -0.39 is 6.04 Å². The second-order valence-corrected chi connectivity index (χ2v) is 9.38. The maximum Gasteiger partial charge on any atom is 0.243 e. The highest BCUT2D eigenvalue weighted by atomic mass is 35.5. The zero-order chi connectivity index (χ0) is 24.4. The zero-order valence-corrected chi connectivity index (χ0v) is 20.9. The summed E-state index contributed by atoms with van der Waals surface area (Å²) >= 11 is 5.90. The topological polar surface area (TPSA) is 67.9 Å². The minimum Gasteiger partial charge on any atom is -0.497 e. The number of nitrogens with one attached hydrogen (secondary N) is 1. The van der Waals surface area contributed by atoms with E-state index in [2.05, 4.69) is 5.32 Å². The second kappa shape index (κ2) is 12.5. The molecule has 2 aromatic carbocycles. The van der Waals surface area contributed by atoms with Crippen LogP contribution in [-0.4, -0.2) is 42.0 Å². The van der Waals surface area contributed by atoms with Crippen molar-refractivity contribution in [2.24, 2.45) is 0 Å². The van der Waals surface area contributed by atoms with Crippen LogP contribution in [0.2, 0.25) is 5.02 Å².